The van der Waals surface area contributed by atoms with E-state index in [9.17, 15) is 4.79 Å². The molecule has 0 aliphatic heterocycles. The Bertz CT molecular complexity index is 650. The van der Waals surface area contributed by atoms with Gasteiger partial charge in [-0.2, -0.15) is 0 Å². The molecule has 6 heteroatoms. The van der Waals surface area contributed by atoms with Gasteiger partial charge in [0.25, 0.3) is 0 Å². The fraction of sp³-hybridized carbons (Fsp3) is 0.500. The van der Waals surface area contributed by atoms with Crippen LogP contribution >= 0.6 is 0 Å². The van der Waals surface area contributed by atoms with Gasteiger partial charge in [0.05, 0.1) is 6.04 Å². The van der Waals surface area contributed by atoms with Gasteiger partial charge in [-0.25, -0.2) is 4.79 Å². The number of urea groups is 1. The Morgan fingerprint density at radius 3 is 2.79 bits per heavy atom. The quantitative estimate of drug-likeness (QED) is 0.821. The second kappa shape index (κ2) is 7.95. The van der Waals surface area contributed by atoms with Crippen molar-refractivity contribution in [2.24, 2.45) is 5.92 Å². The van der Waals surface area contributed by atoms with Gasteiger partial charge < -0.3 is 15.2 Å². The summed E-state index contributed by atoms with van der Waals surface area (Å²) in [6.07, 6.45) is 6.16. The van der Waals surface area contributed by atoms with Crippen LogP contribution in [0.15, 0.2) is 36.7 Å². The first-order valence-electron chi connectivity index (χ1n) is 8.74. The number of carbonyl (C=O) groups excluding carboxylic acids is 1. The third kappa shape index (κ3) is 3.93. The third-order valence-corrected chi connectivity index (χ3v) is 4.72. The summed E-state index contributed by atoms with van der Waals surface area (Å²) in [5.74, 6) is 1.48. The predicted molar refractivity (Wildman–Crippen MR) is 92.5 cm³/mol. The van der Waals surface area contributed by atoms with Crippen molar-refractivity contribution >= 4 is 6.03 Å². The van der Waals surface area contributed by atoms with Crippen LogP contribution in [0.4, 0.5) is 4.79 Å². The molecule has 0 spiro atoms. The van der Waals surface area contributed by atoms with Crippen LogP contribution in [0.2, 0.25) is 0 Å². The first-order valence-corrected chi connectivity index (χ1v) is 8.74. The molecular weight excluding hydrogens is 302 g/mol. The lowest BCUT2D eigenvalue weighted by molar-refractivity contribution is 0.207. The fourth-order valence-electron chi connectivity index (χ4n) is 3.13. The van der Waals surface area contributed by atoms with Crippen molar-refractivity contribution in [1.82, 2.24) is 25.4 Å². The zero-order chi connectivity index (χ0) is 16.8. The van der Waals surface area contributed by atoms with Crippen molar-refractivity contribution in [3.05, 3.63) is 48.0 Å². The normalized spacial score (nSPS) is 15.5. The minimum absolute atomic E-state index is 0.0982. The molecule has 2 aromatic rings. The molecule has 1 fully saturated rings. The molecule has 1 atom stereocenters. The number of rotatable bonds is 7. The van der Waals surface area contributed by atoms with Gasteiger partial charge in [-0.3, -0.25) is 0 Å². The van der Waals surface area contributed by atoms with Crippen molar-refractivity contribution in [2.45, 2.75) is 45.2 Å². The number of amides is 2. The molecule has 1 aromatic carbocycles. The molecule has 0 radical (unpaired) electrons. The van der Waals surface area contributed by atoms with Gasteiger partial charge >= 0.3 is 6.03 Å². The van der Waals surface area contributed by atoms with E-state index in [2.05, 4.69) is 33.0 Å². The standard InChI is InChI=1S/C18H25N5O/c1-2-16-22-20-13-23(16)12-11-19-18(24)21-17(15-9-6-10-15)14-7-4-3-5-8-14/h3-5,7-8,13,15,17H,2,6,9-12H2,1H3,(H2,19,21,24). The van der Waals surface area contributed by atoms with E-state index in [1.165, 1.54) is 24.8 Å². The molecule has 6 nitrogen and oxygen atoms in total. The number of nitrogens with zero attached hydrogens (tertiary/aromatic N) is 3. The Kier molecular flexibility index (Phi) is 5.46. The molecule has 2 amide bonds. The summed E-state index contributed by atoms with van der Waals surface area (Å²) in [6.45, 7) is 3.29. The number of hydrogen-bond acceptors (Lipinski definition) is 3. The lowest BCUT2D eigenvalue weighted by Gasteiger charge is -2.34. The Balaban J connectivity index is 1.52. The predicted octanol–water partition coefficient (Wildman–Crippen LogP) is 2.68. The van der Waals surface area contributed by atoms with E-state index in [1.54, 1.807) is 6.33 Å². The molecule has 3 rings (SSSR count). The average molecular weight is 327 g/mol. The van der Waals surface area contributed by atoms with Crippen molar-refractivity contribution in [3.63, 3.8) is 0 Å². The molecule has 2 N–H and O–H groups in total. The third-order valence-electron chi connectivity index (χ3n) is 4.72. The maximum atomic E-state index is 12.3. The van der Waals surface area contributed by atoms with Gasteiger partial charge in [-0.15, -0.1) is 10.2 Å². The molecule has 1 heterocycles. The number of aromatic nitrogens is 3. The Hall–Kier alpha value is -2.37. The highest BCUT2D eigenvalue weighted by Crippen LogP contribution is 2.37. The van der Waals surface area contributed by atoms with E-state index < -0.39 is 0 Å². The van der Waals surface area contributed by atoms with E-state index in [0.29, 0.717) is 19.0 Å². The van der Waals surface area contributed by atoms with E-state index in [1.807, 2.05) is 29.7 Å². The molecular formula is C18H25N5O. The van der Waals surface area contributed by atoms with E-state index in [4.69, 9.17) is 0 Å². The summed E-state index contributed by atoms with van der Waals surface area (Å²) < 4.78 is 1.97. The summed E-state index contributed by atoms with van der Waals surface area (Å²) in [6, 6.07) is 10.2. The van der Waals surface area contributed by atoms with Crippen LogP contribution in [0.25, 0.3) is 0 Å². The number of carbonyl (C=O) groups is 1. The van der Waals surface area contributed by atoms with Gasteiger partial charge in [0.15, 0.2) is 0 Å². The fourth-order valence-corrected chi connectivity index (χ4v) is 3.13. The van der Waals surface area contributed by atoms with Gasteiger partial charge in [-0.1, -0.05) is 43.7 Å². The summed E-state index contributed by atoms with van der Waals surface area (Å²) in [4.78, 5) is 12.3. The van der Waals surface area contributed by atoms with E-state index >= 15 is 0 Å². The summed E-state index contributed by atoms with van der Waals surface area (Å²) in [7, 11) is 0. The van der Waals surface area contributed by atoms with Crippen LogP contribution < -0.4 is 10.6 Å². The van der Waals surface area contributed by atoms with Crippen molar-refractivity contribution in [2.75, 3.05) is 6.54 Å². The van der Waals surface area contributed by atoms with Crippen LogP contribution in [0.5, 0.6) is 0 Å². The van der Waals surface area contributed by atoms with Crippen molar-refractivity contribution in [3.8, 4) is 0 Å². The maximum absolute atomic E-state index is 12.3. The number of benzene rings is 1. The molecule has 1 aliphatic carbocycles. The largest absolute Gasteiger partial charge is 0.336 e. The summed E-state index contributed by atoms with van der Waals surface area (Å²) in [5, 5.41) is 14.1. The molecule has 0 saturated heterocycles. The van der Waals surface area contributed by atoms with Gasteiger partial charge in [0.1, 0.15) is 12.2 Å². The van der Waals surface area contributed by atoms with Gasteiger partial charge in [-0.05, 0) is 24.3 Å². The molecule has 1 aliphatic rings. The lowest BCUT2D eigenvalue weighted by Crippen LogP contribution is -2.43. The zero-order valence-corrected chi connectivity index (χ0v) is 14.1. The van der Waals surface area contributed by atoms with Crippen molar-refractivity contribution < 1.29 is 4.79 Å². The van der Waals surface area contributed by atoms with Crippen LogP contribution in [0.1, 0.15) is 43.6 Å². The molecule has 1 aromatic heterocycles. The monoisotopic (exact) mass is 327 g/mol. The number of nitrogens with one attached hydrogen (secondary N) is 2. The first kappa shape index (κ1) is 16.5. The molecule has 24 heavy (non-hydrogen) atoms. The Morgan fingerprint density at radius 2 is 2.12 bits per heavy atom. The number of hydrogen-bond donors (Lipinski definition) is 2. The topological polar surface area (TPSA) is 71.8 Å². The summed E-state index contributed by atoms with van der Waals surface area (Å²) in [5.41, 5.74) is 1.18. The van der Waals surface area contributed by atoms with E-state index in [-0.39, 0.29) is 12.1 Å². The lowest BCUT2D eigenvalue weighted by atomic mass is 9.77. The van der Waals surface area contributed by atoms with Crippen LogP contribution in [-0.4, -0.2) is 27.3 Å². The highest BCUT2D eigenvalue weighted by molar-refractivity contribution is 5.74. The minimum atomic E-state index is -0.109. The summed E-state index contributed by atoms with van der Waals surface area (Å²) >= 11 is 0. The van der Waals surface area contributed by atoms with Gasteiger partial charge in [0, 0.05) is 19.5 Å². The molecule has 0 bridgehead atoms. The first-order chi connectivity index (χ1) is 11.8. The second-order valence-electron chi connectivity index (χ2n) is 6.27. The second-order valence-corrected chi connectivity index (χ2v) is 6.27. The van der Waals surface area contributed by atoms with E-state index in [0.717, 1.165) is 12.2 Å². The highest BCUT2D eigenvalue weighted by Gasteiger charge is 2.29. The smallest absolute Gasteiger partial charge is 0.315 e. The average Bonchev–Trinajstić information content (AvgIpc) is 3.01. The SMILES string of the molecule is CCc1nncn1CCNC(=O)NC(c1ccccc1)C1CCC1. The van der Waals surface area contributed by atoms with Crippen LogP contribution in [0.3, 0.4) is 0 Å². The van der Waals surface area contributed by atoms with Crippen LogP contribution in [-0.2, 0) is 13.0 Å². The number of aryl methyl sites for hydroxylation is 1. The molecule has 1 saturated carbocycles. The maximum Gasteiger partial charge on any atom is 0.315 e. The highest BCUT2D eigenvalue weighted by atomic mass is 16.2. The molecule has 128 valence electrons. The minimum Gasteiger partial charge on any atom is -0.336 e. The zero-order valence-electron chi connectivity index (χ0n) is 14.1. The molecule has 1 unspecified atom stereocenters. The van der Waals surface area contributed by atoms with Crippen molar-refractivity contribution in [1.29, 1.82) is 0 Å². The Morgan fingerprint density at radius 1 is 1.33 bits per heavy atom. The Labute approximate surface area is 142 Å². The van der Waals surface area contributed by atoms with Crippen LogP contribution in [0, 0.1) is 5.92 Å². The van der Waals surface area contributed by atoms with Gasteiger partial charge in [0.2, 0.25) is 0 Å².